The predicted octanol–water partition coefficient (Wildman–Crippen LogP) is 1.11. The molecule has 0 N–H and O–H groups in total. The average molecular weight is 209 g/mol. The van der Waals surface area contributed by atoms with E-state index in [1.807, 2.05) is 0 Å². The zero-order chi connectivity index (χ0) is 10.3. The third-order valence-corrected chi connectivity index (χ3v) is 1.19. The van der Waals surface area contributed by atoms with Gasteiger partial charge in [0.2, 0.25) is 0 Å². The first kappa shape index (κ1) is 12.2. The van der Waals surface area contributed by atoms with Gasteiger partial charge in [-0.05, 0) is 13.8 Å². The van der Waals surface area contributed by atoms with Crippen molar-refractivity contribution in [2.24, 2.45) is 0 Å². The van der Waals surface area contributed by atoms with E-state index in [0.717, 1.165) is 0 Å². The number of hydrogen-bond donors (Lipinski definition) is 0. The molecule has 0 amide bonds. The van der Waals surface area contributed by atoms with Crippen molar-refractivity contribution in [2.45, 2.75) is 25.6 Å². The first-order valence-electron chi connectivity index (χ1n) is 4.01. The van der Waals surface area contributed by atoms with Crippen LogP contribution in [0.1, 0.15) is 20.3 Å². The Hall–Kier alpha value is -0.770. The molecule has 1 unspecified atom stereocenters. The number of halogens is 1. The normalized spacial score (nSPS) is 11.9. The van der Waals surface area contributed by atoms with Gasteiger partial charge in [0, 0.05) is 0 Å². The van der Waals surface area contributed by atoms with Gasteiger partial charge >= 0.3 is 11.9 Å². The van der Waals surface area contributed by atoms with Crippen LogP contribution in [0.25, 0.3) is 0 Å². The molecule has 0 aliphatic heterocycles. The van der Waals surface area contributed by atoms with Crippen LogP contribution < -0.4 is 0 Å². The smallest absolute Gasteiger partial charge is 0.317 e. The van der Waals surface area contributed by atoms with Gasteiger partial charge in [-0.2, -0.15) is 0 Å². The summed E-state index contributed by atoms with van der Waals surface area (Å²) < 4.78 is 9.20. The maximum atomic E-state index is 10.9. The molecule has 0 saturated carbocycles. The van der Waals surface area contributed by atoms with E-state index in [1.165, 1.54) is 0 Å². The van der Waals surface area contributed by atoms with Gasteiger partial charge in [0.25, 0.3) is 0 Å². The summed E-state index contributed by atoms with van der Waals surface area (Å²) in [6.07, 6.45) is -0.350. The summed E-state index contributed by atoms with van der Waals surface area (Å²) in [7, 11) is 0. The zero-order valence-electron chi connectivity index (χ0n) is 7.71. The topological polar surface area (TPSA) is 52.6 Å². The van der Waals surface area contributed by atoms with Crippen LogP contribution in [0.3, 0.4) is 0 Å². The van der Waals surface area contributed by atoms with Crippen LogP contribution in [0.5, 0.6) is 0 Å². The lowest BCUT2D eigenvalue weighted by Gasteiger charge is -2.05. The molecule has 0 aliphatic carbocycles. The summed E-state index contributed by atoms with van der Waals surface area (Å²) in [4.78, 5) is 21.6. The molecule has 0 spiro atoms. The predicted molar refractivity (Wildman–Crippen MR) is 47.5 cm³/mol. The van der Waals surface area contributed by atoms with E-state index in [2.05, 4.69) is 9.47 Å². The van der Waals surface area contributed by atoms with Crippen molar-refractivity contribution in [3.8, 4) is 0 Å². The van der Waals surface area contributed by atoms with E-state index in [0.29, 0.717) is 0 Å². The summed E-state index contributed by atoms with van der Waals surface area (Å²) in [5.74, 6) is -1.18. The number of carbonyl (C=O) groups is 2. The van der Waals surface area contributed by atoms with Crippen molar-refractivity contribution in [1.82, 2.24) is 0 Å². The number of carbonyl (C=O) groups excluding carboxylic acids is 2. The molecule has 76 valence electrons. The summed E-state index contributed by atoms with van der Waals surface area (Å²) in [6, 6.07) is 0. The first-order valence-corrected chi connectivity index (χ1v) is 4.45. The second-order valence-corrected chi connectivity index (χ2v) is 3.19. The molecular weight excluding hydrogens is 196 g/mol. The van der Waals surface area contributed by atoms with Crippen LogP contribution in [0, 0.1) is 0 Å². The van der Waals surface area contributed by atoms with E-state index in [1.54, 1.807) is 13.8 Å². The first-order chi connectivity index (χ1) is 6.06. The summed E-state index contributed by atoms with van der Waals surface area (Å²) in [6.45, 7) is 3.74. The molecule has 0 aromatic rings. The molecule has 1 atom stereocenters. The Labute approximate surface area is 82.1 Å². The molecule has 0 aromatic carbocycles. The van der Waals surface area contributed by atoms with Gasteiger partial charge in [-0.15, -0.1) is 11.6 Å². The van der Waals surface area contributed by atoms with Crippen LogP contribution >= 0.6 is 11.6 Å². The lowest BCUT2D eigenvalue weighted by molar-refractivity contribution is -0.154. The maximum absolute atomic E-state index is 10.9. The van der Waals surface area contributed by atoms with Gasteiger partial charge in [-0.25, -0.2) is 0 Å². The summed E-state index contributed by atoms with van der Waals surface area (Å²) in [5, 5.41) is -0.244. The quantitative estimate of drug-likeness (QED) is 0.386. The Balaban J connectivity index is 3.56. The average Bonchev–Trinajstić information content (AvgIpc) is 2.01. The molecule has 0 bridgehead atoms. The minimum Gasteiger partial charge on any atom is -0.466 e. The molecule has 0 fully saturated rings. The van der Waals surface area contributed by atoms with Gasteiger partial charge < -0.3 is 9.47 Å². The van der Waals surface area contributed by atoms with Gasteiger partial charge in [0.1, 0.15) is 13.0 Å². The number of ether oxygens (including phenoxy) is 2. The standard InChI is InChI=1S/C8H13ClO4/c1-3-12-7(10)4-8(11)13-5-6(2)9/h6H,3-5H2,1-2H3. The van der Waals surface area contributed by atoms with E-state index in [9.17, 15) is 9.59 Å². The van der Waals surface area contributed by atoms with E-state index >= 15 is 0 Å². The van der Waals surface area contributed by atoms with Gasteiger partial charge in [0.05, 0.1) is 12.0 Å². The molecular formula is C8H13ClO4. The Kier molecular flexibility index (Phi) is 6.32. The molecule has 0 aliphatic rings. The lowest BCUT2D eigenvalue weighted by atomic mass is 10.4. The fourth-order valence-electron chi connectivity index (χ4n) is 0.589. The third-order valence-electron chi connectivity index (χ3n) is 1.07. The molecule has 0 aromatic heterocycles. The third kappa shape index (κ3) is 7.59. The highest BCUT2D eigenvalue weighted by molar-refractivity contribution is 6.20. The Morgan fingerprint density at radius 2 is 1.85 bits per heavy atom. The Morgan fingerprint density at radius 3 is 2.31 bits per heavy atom. The van der Waals surface area contributed by atoms with Crippen molar-refractivity contribution >= 4 is 23.5 Å². The highest BCUT2D eigenvalue weighted by Crippen LogP contribution is 1.96. The summed E-state index contributed by atoms with van der Waals surface area (Å²) >= 11 is 5.53. The molecule has 4 nitrogen and oxygen atoms in total. The van der Waals surface area contributed by atoms with E-state index < -0.39 is 11.9 Å². The second kappa shape index (κ2) is 6.71. The van der Waals surface area contributed by atoms with E-state index in [-0.39, 0.29) is 25.0 Å². The Morgan fingerprint density at radius 1 is 1.31 bits per heavy atom. The van der Waals surface area contributed by atoms with Crippen LogP contribution in [0.15, 0.2) is 0 Å². The number of rotatable bonds is 5. The lowest BCUT2D eigenvalue weighted by Crippen LogP contribution is -2.16. The largest absolute Gasteiger partial charge is 0.466 e. The van der Waals surface area contributed by atoms with Crippen molar-refractivity contribution in [2.75, 3.05) is 13.2 Å². The molecule has 0 saturated heterocycles. The van der Waals surface area contributed by atoms with Crippen molar-refractivity contribution in [1.29, 1.82) is 0 Å². The summed E-state index contributed by atoms with van der Waals surface area (Å²) in [5.41, 5.74) is 0. The molecule has 13 heavy (non-hydrogen) atoms. The highest BCUT2D eigenvalue weighted by atomic mass is 35.5. The van der Waals surface area contributed by atoms with Gasteiger partial charge in [0.15, 0.2) is 0 Å². The fourth-order valence-corrected chi connectivity index (χ4v) is 0.652. The van der Waals surface area contributed by atoms with Crippen molar-refractivity contribution < 1.29 is 19.1 Å². The van der Waals surface area contributed by atoms with Crippen LogP contribution in [-0.2, 0) is 19.1 Å². The highest BCUT2D eigenvalue weighted by Gasteiger charge is 2.11. The van der Waals surface area contributed by atoms with E-state index in [4.69, 9.17) is 11.6 Å². The molecule has 5 heteroatoms. The molecule has 0 heterocycles. The molecule has 0 rings (SSSR count). The minimum absolute atomic E-state index is 0.111. The number of hydrogen-bond acceptors (Lipinski definition) is 4. The fraction of sp³-hybridized carbons (Fsp3) is 0.750. The van der Waals surface area contributed by atoms with Crippen molar-refractivity contribution in [3.05, 3.63) is 0 Å². The zero-order valence-corrected chi connectivity index (χ0v) is 8.47. The minimum atomic E-state index is -0.606. The monoisotopic (exact) mass is 208 g/mol. The van der Waals surface area contributed by atoms with Crippen LogP contribution in [0.2, 0.25) is 0 Å². The van der Waals surface area contributed by atoms with Crippen LogP contribution in [-0.4, -0.2) is 30.5 Å². The number of alkyl halides is 1. The molecule has 0 radical (unpaired) electrons. The second-order valence-electron chi connectivity index (χ2n) is 2.45. The maximum Gasteiger partial charge on any atom is 0.317 e. The van der Waals surface area contributed by atoms with Gasteiger partial charge in [-0.3, -0.25) is 9.59 Å². The van der Waals surface area contributed by atoms with Crippen molar-refractivity contribution in [3.63, 3.8) is 0 Å². The van der Waals surface area contributed by atoms with Gasteiger partial charge in [-0.1, -0.05) is 0 Å². The SMILES string of the molecule is CCOC(=O)CC(=O)OCC(C)Cl. The Bertz CT molecular complexity index is 179. The number of esters is 2. The van der Waals surface area contributed by atoms with Crippen LogP contribution in [0.4, 0.5) is 0 Å².